The Bertz CT molecular complexity index is 877. The zero-order valence-corrected chi connectivity index (χ0v) is 16.7. The number of benzene rings is 1. The molecule has 5 nitrogen and oxygen atoms in total. The van der Waals surface area contributed by atoms with Crippen molar-refractivity contribution >= 4 is 5.82 Å². The first-order valence-corrected chi connectivity index (χ1v) is 10.9. The molecule has 2 aromatic rings. The average Bonchev–Trinajstić information content (AvgIpc) is 3.54. The number of piperidine rings is 1. The lowest BCUT2D eigenvalue weighted by atomic mass is 9.88. The van der Waals surface area contributed by atoms with Crippen LogP contribution in [-0.4, -0.2) is 46.4 Å². The van der Waals surface area contributed by atoms with Crippen LogP contribution in [0.5, 0.6) is 5.75 Å². The molecule has 1 aromatic heterocycles. The molecule has 5 heteroatoms. The molecule has 148 valence electrons. The van der Waals surface area contributed by atoms with Crippen LogP contribution in [0.1, 0.15) is 61.1 Å². The van der Waals surface area contributed by atoms with E-state index in [9.17, 15) is 5.11 Å². The SMILES string of the molecule is CN1CCC[C@@H](Nc2nnc(-c3ccc(C4CC4)cc3O)c3c2CCCC3)C1. The minimum atomic E-state index is 0.348. The fourth-order valence-corrected chi connectivity index (χ4v) is 4.88. The van der Waals surface area contributed by atoms with Crippen molar-refractivity contribution in [2.45, 2.75) is 63.3 Å². The largest absolute Gasteiger partial charge is 0.507 e. The Morgan fingerprint density at radius 3 is 2.61 bits per heavy atom. The molecule has 3 aliphatic rings. The Morgan fingerprint density at radius 2 is 1.86 bits per heavy atom. The number of nitrogens with zero attached hydrogens (tertiary/aromatic N) is 3. The maximum absolute atomic E-state index is 10.7. The summed E-state index contributed by atoms with van der Waals surface area (Å²) >= 11 is 0. The van der Waals surface area contributed by atoms with Crippen molar-refractivity contribution in [3.63, 3.8) is 0 Å². The van der Waals surface area contributed by atoms with Crippen molar-refractivity contribution < 1.29 is 5.11 Å². The fourth-order valence-electron chi connectivity index (χ4n) is 4.88. The van der Waals surface area contributed by atoms with Gasteiger partial charge in [-0.05, 0) is 94.1 Å². The van der Waals surface area contributed by atoms with Crippen LogP contribution in [-0.2, 0) is 12.8 Å². The van der Waals surface area contributed by atoms with Crippen molar-refractivity contribution in [2.75, 3.05) is 25.5 Å². The molecule has 1 aromatic carbocycles. The van der Waals surface area contributed by atoms with E-state index in [0.717, 1.165) is 36.5 Å². The van der Waals surface area contributed by atoms with Crippen LogP contribution in [0, 0.1) is 0 Å². The molecule has 28 heavy (non-hydrogen) atoms. The fraction of sp³-hybridized carbons (Fsp3) is 0.565. The molecule has 2 heterocycles. The maximum atomic E-state index is 10.7. The molecule has 1 aliphatic heterocycles. The predicted octanol–water partition coefficient (Wildman–Crippen LogP) is 4.11. The number of anilines is 1. The number of nitrogens with one attached hydrogen (secondary N) is 1. The molecular weight excluding hydrogens is 348 g/mol. The molecule has 0 amide bonds. The van der Waals surface area contributed by atoms with E-state index in [2.05, 4.69) is 33.5 Å². The zero-order valence-electron chi connectivity index (χ0n) is 16.7. The summed E-state index contributed by atoms with van der Waals surface area (Å²) in [5.74, 6) is 1.95. The number of hydrogen-bond donors (Lipinski definition) is 2. The molecule has 1 saturated heterocycles. The van der Waals surface area contributed by atoms with Gasteiger partial charge in [-0.1, -0.05) is 6.07 Å². The zero-order chi connectivity index (χ0) is 19.1. The Labute approximate surface area is 167 Å². The molecule has 0 spiro atoms. The number of aromatic nitrogens is 2. The highest BCUT2D eigenvalue weighted by Crippen LogP contribution is 2.43. The third-order valence-corrected chi connectivity index (χ3v) is 6.58. The number of phenolic OH excluding ortho intramolecular Hbond substituents is 1. The van der Waals surface area contributed by atoms with Gasteiger partial charge in [-0.2, -0.15) is 0 Å². The average molecular weight is 379 g/mol. The first-order valence-electron chi connectivity index (χ1n) is 10.9. The van der Waals surface area contributed by atoms with Crippen molar-refractivity contribution in [3.05, 3.63) is 34.9 Å². The second kappa shape index (κ2) is 7.36. The summed E-state index contributed by atoms with van der Waals surface area (Å²) in [7, 11) is 2.19. The molecule has 0 bridgehead atoms. The van der Waals surface area contributed by atoms with Crippen molar-refractivity contribution in [3.8, 4) is 17.0 Å². The summed E-state index contributed by atoms with van der Waals surface area (Å²) in [6, 6.07) is 6.59. The van der Waals surface area contributed by atoms with Crippen LogP contribution in [0.2, 0.25) is 0 Å². The van der Waals surface area contributed by atoms with Gasteiger partial charge in [0.15, 0.2) is 5.82 Å². The summed E-state index contributed by atoms with van der Waals surface area (Å²) in [5, 5.41) is 23.6. The first-order chi connectivity index (χ1) is 13.7. The first kappa shape index (κ1) is 17.9. The van der Waals surface area contributed by atoms with Crippen molar-refractivity contribution in [2.24, 2.45) is 0 Å². The van der Waals surface area contributed by atoms with E-state index in [1.807, 2.05) is 12.1 Å². The Morgan fingerprint density at radius 1 is 1.04 bits per heavy atom. The molecule has 0 radical (unpaired) electrons. The molecule has 1 atom stereocenters. The summed E-state index contributed by atoms with van der Waals surface area (Å²) in [5.41, 5.74) is 5.56. The maximum Gasteiger partial charge on any atom is 0.152 e. The molecule has 2 aliphatic carbocycles. The lowest BCUT2D eigenvalue weighted by molar-refractivity contribution is 0.260. The van der Waals surface area contributed by atoms with Gasteiger partial charge in [-0.3, -0.25) is 0 Å². The number of aromatic hydroxyl groups is 1. The van der Waals surface area contributed by atoms with Gasteiger partial charge in [-0.15, -0.1) is 10.2 Å². The highest BCUT2D eigenvalue weighted by Gasteiger charge is 2.27. The van der Waals surface area contributed by atoms with Crippen LogP contribution in [0.15, 0.2) is 18.2 Å². The molecule has 2 fully saturated rings. The van der Waals surface area contributed by atoms with E-state index < -0.39 is 0 Å². The Hall–Kier alpha value is -2.14. The summed E-state index contributed by atoms with van der Waals surface area (Å²) in [6.07, 6.45) is 9.33. The molecule has 0 unspecified atom stereocenters. The minimum Gasteiger partial charge on any atom is -0.507 e. The molecule has 2 N–H and O–H groups in total. The number of likely N-dealkylation sites (tertiary alicyclic amines) is 1. The van der Waals surface area contributed by atoms with E-state index >= 15 is 0 Å². The third-order valence-electron chi connectivity index (χ3n) is 6.58. The summed E-state index contributed by atoms with van der Waals surface area (Å²) in [6.45, 7) is 2.23. The van der Waals surface area contributed by atoms with Gasteiger partial charge in [0.05, 0.1) is 0 Å². The lowest BCUT2D eigenvalue weighted by Crippen LogP contribution is -2.40. The number of fused-ring (bicyclic) bond motifs is 1. The topological polar surface area (TPSA) is 61.3 Å². The molecule has 1 saturated carbocycles. The van der Waals surface area contributed by atoms with E-state index in [1.165, 1.54) is 61.8 Å². The van der Waals surface area contributed by atoms with Crippen molar-refractivity contribution in [1.29, 1.82) is 0 Å². The van der Waals surface area contributed by atoms with Crippen LogP contribution >= 0.6 is 0 Å². The van der Waals surface area contributed by atoms with Gasteiger partial charge < -0.3 is 15.3 Å². The monoisotopic (exact) mass is 378 g/mol. The van der Waals surface area contributed by atoms with Crippen LogP contribution in [0.4, 0.5) is 5.82 Å². The second-order valence-electron chi connectivity index (χ2n) is 8.86. The van der Waals surface area contributed by atoms with Gasteiger partial charge in [0, 0.05) is 23.7 Å². The van der Waals surface area contributed by atoms with Crippen LogP contribution in [0.3, 0.4) is 0 Å². The highest BCUT2D eigenvalue weighted by atomic mass is 16.3. The number of likely N-dealkylation sites (N-methyl/N-ethyl adjacent to an activating group) is 1. The summed E-state index contributed by atoms with van der Waals surface area (Å²) < 4.78 is 0. The minimum absolute atomic E-state index is 0.348. The van der Waals surface area contributed by atoms with E-state index in [4.69, 9.17) is 0 Å². The predicted molar refractivity (Wildman–Crippen MR) is 112 cm³/mol. The lowest BCUT2D eigenvalue weighted by Gasteiger charge is -2.31. The van der Waals surface area contributed by atoms with E-state index in [1.54, 1.807) is 0 Å². The number of hydrogen-bond acceptors (Lipinski definition) is 5. The standard InChI is InChI=1S/C23H30N4O/c1-27-12-4-5-17(14-27)24-23-19-7-3-2-6-18(19)22(25-26-23)20-11-10-16(13-21(20)28)15-8-9-15/h10-11,13,15,17,28H,2-9,12,14H2,1H3,(H,24,26)/t17-/m1/s1. The van der Waals surface area contributed by atoms with Gasteiger partial charge in [0.2, 0.25) is 0 Å². The smallest absolute Gasteiger partial charge is 0.152 e. The summed E-state index contributed by atoms with van der Waals surface area (Å²) in [4.78, 5) is 2.38. The quantitative estimate of drug-likeness (QED) is 0.838. The Kier molecular flexibility index (Phi) is 4.71. The van der Waals surface area contributed by atoms with E-state index in [-0.39, 0.29) is 0 Å². The van der Waals surface area contributed by atoms with E-state index in [0.29, 0.717) is 17.7 Å². The van der Waals surface area contributed by atoms with Gasteiger partial charge in [-0.25, -0.2) is 0 Å². The molecule has 5 rings (SSSR count). The van der Waals surface area contributed by atoms with Gasteiger partial charge in [0.25, 0.3) is 0 Å². The van der Waals surface area contributed by atoms with Gasteiger partial charge in [0.1, 0.15) is 11.4 Å². The van der Waals surface area contributed by atoms with Crippen molar-refractivity contribution in [1.82, 2.24) is 15.1 Å². The van der Waals surface area contributed by atoms with Crippen LogP contribution < -0.4 is 5.32 Å². The highest BCUT2D eigenvalue weighted by molar-refractivity contribution is 5.73. The third kappa shape index (κ3) is 3.48. The molecular formula is C23H30N4O. The normalized spacial score (nSPS) is 22.7. The Balaban J connectivity index is 1.48. The van der Waals surface area contributed by atoms with Crippen LogP contribution in [0.25, 0.3) is 11.3 Å². The van der Waals surface area contributed by atoms with Gasteiger partial charge >= 0.3 is 0 Å². The number of rotatable bonds is 4. The number of phenols is 1. The second-order valence-corrected chi connectivity index (χ2v) is 8.86.